The molecule has 0 radical (unpaired) electrons. The second kappa shape index (κ2) is 10.7. The molecule has 3 aromatic carbocycles. The highest BCUT2D eigenvalue weighted by Crippen LogP contribution is 2.35. The first-order chi connectivity index (χ1) is 19.6. The van der Waals surface area contributed by atoms with Gasteiger partial charge in [-0.15, -0.1) is 0 Å². The minimum atomic E-state index is -0.496. The lowest BCUT2D eigenvalue weighted by molar-refractivity contribution is 0.0918. The Kier molecular flexibility index (Phi) is 6.84. The van der Waals surface area contributed by atoms with Gasteiger partial charge in [0.15, 0.2) is 17.1 Å². The molecule has 0 aliphatic carbocycles. The lowest BCUT2D eigenvalue weighted by Gasteiger charge is -2.17. The van der Waals surface area contributed by atoms with Crippen LogP contribution in [0, 0.1) is 0 Å². The third-order valence-electron chi connectivity index (χ3n) is 7.02. The van der Waals surface area contributed by atoms with Crippen LogP contribution in [0.4, 0.5) is 0 Å². The van der Waals surface area contributed by atoms with Gasteiger partial charge in [0, 0.05) is 27.9 Å². The quantitative estimate of drug-likeness (QED) is 0.214. The van der Waals surface area contributed by atoms with Crippen LogP contribution < -0.4 is 14.8 Å². The number of H-pyrrole nitrogens is 1. The van der Waals surface area contributed by atoms with Gasteiger partial charge < -0.3 is 29.3 Å². The Morgan fingerprint density at radius 2 is 1.95 bits per heavy atom. The second-order valence-electron chi connectivity index (χ2n) is 9.57. The Morgan fingerprint density at radius 1 is 1.07 bits per heavy atom. The number of methoxy groups -OCH3 is 1. The number of aromatic nitrogens is 2. The predicted molar refractivity (Wildman–Crippen MR) is 155 cm³/mol. The largest absolute Gasteiger partial charge is 0.497 e. The molecular formula is C32H29N3O5. The number of nitrogens with zero attached hydrogens (tertiary/aromatic N) is 1. The van der Waals surface area contributed by atoms with Gasteiger partial charge in [0.2, 0.25) is 0 Å². The molecule has 0 bridgehead atoms. The zero-order chi connectivity index (χ0) is 27.6. The molecule has 8 heteroatoms. The fourth-order valence-corrected chi connectivity index (χ4v) is 5.07. The highest BCUT2D eigenvalue weighted by molar-refractivity contribution is 6.07. The highest BCUT2D eigenvalue weighted by atomic mass is 16.5. The SMILES string of the molecule is CCOc1cccc2cc(-c3cc(C(=O)NC(CO)Cc4c[nH]c5ccccc45)c4cc(OC)ccc4n3)oc12. The molecular weight excluding hydrogens is 506 g/mol. The number of benzene rings is 3. The van der Waals surface area contributed by atoms with Gasteiger partial charge in [0.1, 0.15) is 11.4 Å². The number of pyridine rings is 1. The summed E-state index contributed by atoms with van der Waals surface area (Å²) in [5, 5.41) is 15.8. The lowest BCUT2D eigenvalue weighted by Crippen LogP contribution is -2.39. The number of nitrogens with one attached hydrogen (secondary N) is 2. The number of carbonyl (C=O) groups excluding carboxylic acids is 1. The second-order valence-corrected chi connectivity index (χ2v) is 9.57. The van der Waals surface area contributed by atoms with E-state index in [1.165, 1.54) is 0 Å². The minimum absolute atomic E-state index is 0.214. The normalized spacial score (nSPS) is 12.2. The number of aromatic amines is 1. The summed E-state index contributed by atoms with van der Waals surface area (Å²) in [4.78, 5) is 21.8. The predicted octanol–water partition coefficient (Wildman–Crippen LogP) is 5.87. The van der Waals surface area contributed by atoms with Gasteiger partial charge in [-0.3, -0.25) is 4.79 Å². The summed E-state index contributed by atoms with van der Waals surface area (Å²) in [5.41, 5.74) is 4.19. The first-order valence-corrected chi connectivity index (χ1v) is 13.2. The van der Waals surface area contributed by atoms with E-state index in [2.05, 4.69) is 10.3 Å². The maximum absolute atomic E-state index is 13.8. The average molecular weight is 536 g/mol. The van der Waals surface area contributed by atoms with Gasteiger partial charge in [-0.2, -0.15) is 0 Å². The molecule has 8 nitrogen and oxygen atoms in total. The Hall–Kier alpha value is -4.82. The molecule has 0 saturated carbocycles. The van der Waals surface area contributed by atoms with Crippen LogP contribution in [0.25, 0.3) is 44.2 Å². The van der Waals surface area contributed by atoms with E-state index >= 15 is 0 Å². The molecule has 3 heterocycles. The van der Waals surface area contributed by atoms with Crippen molar-refractivity contribution in [2.75, 3.05) is 20.3 Å². The van der Waals surface area contributed by atoms with E-state index in [0.717, 1.165) is 21.9 Å². The van der Waals surface area contributed by atoms with Gasteiger partial charge in [0.25, 0.3) is 5.91 Å². The zero-order valence-electron chi connectivity index (χ0n) is 22.2. The number of ether oxygens (including phenoxy) is 2. The summed E-state index contributed by atoms with van der Waals surface area (Å²) in [5.74, 6) is 1.45. The number of para-hydroxylation sites is 2. The number of carbonyl (C=O) groups is 1. The fraction of sp³-hybridized carbons (Fsp3) is 0.188. The lowest BCUT2D eigenvalue weighted by atomic mass is 10.0. The molecule has 0 saturated heterocycles. The summed E-state index contributed by atoms with van der Waals surface area (Å²) in [7, 11) is 1.58. The number of rotatable bonds is 9. The number of furan rings is 1. The molecule has 0 spiro atoms. The third kappa shape index (κ3) is 4.74. The van der Waals surface area contributed by atoms with Crippen LogP contribution in [0.3, 0.4) is 0 Å². The van der Waals surface area contributed by atoms with Crippen LogP contribution >= 0.6 is 0 Å². The van der Waals surface area contributed by atoms with Crippen LogP contribution in [0.1, 0.15) is 22.8 Å². The van der Waals surface area contributed by atoms with E-state index in [9.17, 15) is 9.90 Å². The van der Waals surface area contributed by atoms with E-state index in [1.807, 2.05) is 67.7 Å². The standard InChI is InChI=1S/C32H29N3O5/c1-3-39-29-10-6-7-19-14-30(40-31(19)29)28-16-25(24-15-22(38-2)11-12-27(24)35-28)32(37)34-21(18-36)13-20-17-33-26-9-5-4-8-23(20)26/h4-12,14-17,21,33,36H,3,13,18H2,1-2H3,(H,34,37). The molecule has 202 valence electrons. The Morgan fingerprint density at radius 3 is 2.77 bits per heavy atom. The van der Waals surface area contributed by atoms with Crippen molar-refractivity contribution in [1.29, 1.82) is 0 Å². The average Bonchev–Trinajstić information content (AvgIpc) is 3.61. The number of fused-ring (bicyclic) bond motifs is 3. The minimum Gasteiger partial charge on any atom is -0.497 e. The topological polar surface area (TPSA) is 110 Å². The molecule has 1 unspecified atom stereocenters. The fourth-order valence-electron chi connectivity index (χ4n) is 5.07. The zero-order valence-corrected chi connectivity index (χ0v) is 22.2. The van der Waals surface area contributed by atoms with Crippen molar-refractivity contribution < 1.29 is 23.8 Å². The molecule has 0 aliphatic rings. The highest BCUT2D eigenvalue weighted by Gasteiger charge is 2.21. The van der Waals surface area contributed by atoms with Crippen molar-refractivity contribution in [3.63, 3.8) is 0 Å². The maximum atomic E-state index is 13.8. The van der Waals surface area contributed by atoms with Gasteiger partial charge in [0.05, 0.1) is 37.4 Å². The molecule has 3 aromatic heterocycles. The number of aliphatic hydroxyl groups excluding tert-OH is 1. The number of amides is 1. The van der Waals surface area contributed by atoms with Gasteiger partial charge in [-0.05, 0) is 61.4 Å². The molecule has 1 atom stereocenters. The summed E-state index contributed by atoms with van der Waals surface area (Å²) in [6.45, 7) is 2.22. The third-order valence-corrected chi connectivity index (χ3v) is 7.02. The van der Waals surface area contributed by atoms with E-state index in [-0.39, 0.29) is 12.5 Å². The number of aliphatic hydroxyl groups is 1. The Bertz CT molecular complexity index is 1840. The summed E-state index contributed by atoms with van der Waals surface area (Å²) in [6, 6.07) is 22.2. The van der Waals surface area contributed by atoms with Gasteiger partial charge >= 0.3 is 0 Å². The molecule has 40 heavy (non-hydrogen) atoms. The van der Waals surface area contributed by atoms with Crippen LogP contribution in [0.15, 0.2) is 83.4 Å². The first kappa shape index (κ1) is 25.5. The van der Waals surface area contributed by atoms with Crippen molar-refractivity contribution in [2.45, 2.75) is 19.4 Å². The van der Waals surface area contributed by atoms with Gasteiger partial charge in [-0.1, -0.05) is 30.3 Å². The number of hydrogen-bond acceptors (Lipinski definition) is 6. The summed E-state index contributed by atoms with van der Waals surface area (Å²) < 4.78 is 17.4. The van der Waals surface area contributed by atoms with Crippen LogP contribution in [-0.4, -0.2) is 47.3 Å². The van der Waals surface area contributed by atoms with Crippen molar-refractivity contribution in [3.8, 4) is 23.0 Å². The van der Waals surface area contributed by atoms with Gasteiger partial charge in [-0.25, -0.2) is 4.98 Å². The van der Waals surface area contributed by atoms with E-state index in [1.54, 1.807) is 25.3 Å². The number of hydrogen-bond donors (Lipinski definition) is 3. The van der Waals surface area contributed by atoms with E-state index in [0.29, 0.717) is 58.0 Å². The van der Waals surface area contributed by atoms with Crippen LogP contribution in [-0.2, 0) is 6.42 Å². The molecule has 1 amide bonds. The molecule has 3 N–H and O–H groups in total. The Labute approximate surface area is 230 Å². The van der Waals surface area contributed by atoms with Crippen LogP contribution in [0.2, 0.25) is 0 Å². The maximum Gasteiger partial charge on any atom is 0.252 e. The van der Waals surface area contributed by atoms with E-state index < -0.39 is 6.04 Å². The molecule has 6 rings (SSSR count). The van der Waals surface area contributed by atoms with Crippen LogP contribution in [0.5, 0.6) is 11.5 Å². The first-order valence-electron chi connectivity index (χ1n) is 13.2. The smallest absolute Gasteiger partial charge is 0.252 e. The summed E-state index contributed by atoms with van der Waals surface area (Å²) >= 11 is 0. The van der Waals surface area contributed by atoms with Crippen molar-refractivity contribution in [2.24, 2.45) is 0 Å². The van der Waals surface area contributed by atoms with Crippen molar-refractivity contribution >= 4 is 38.7 Å². The van der Waals surface area contributed by atoms with E-state index in [4.69, 9.17) is 18.9 Å². The van der Waals surface area contributed by atoms with Crippen molar-refractivity contribution in [3.05, 3.63) is 90.1 Å². The van der Waals surface area contributed by atoms with Crippen molar-refractivity contribution in [1.82, 2.24) is 15.3 Å². The Balaban J connectivity index is 1.38. The monoisotopic (exact) mass is 535 g/mol. The molecule has 0 fully saturated rings. The molecule has 0 aliphatic heterocycles. The summed E-state index contributed by atoms with van der Waals surface area (Å²) in [6.07, 6.45) is 2.39. The molecule has 6 aromatic rings.